The Labute approximate surface area is 162 Å². The molecule has 3 aromatic heterocycles. The molecule has 4 rings (SSSR count). The van der Waals surface area contributed by atoms with Crippen molar-refractivity contribution in [3.05, 3.63) is 66.9 Å². The van der Waals surface area contributed by atoms with Crippen LogP contribution in [0.2, 0.25) is 0 Å². The minimum Gasteiger partial charge on any atom is -0.497 e. The number of hydrogen-bond donors (Lipinski definition) is 1. The van der Waals surface area contributed by atoms with Gasteiger partial charge in [0.25, 0.3) is 0 Å². The summed E-state index contributed by atoms with van der Waals surface area (Å²) in [5, 5.41) is 9.41. The summed E-state index contributed by atoms with van der Waals surface area (Å²) in [5.74, 6) is 1.37. The van der Waals surface area contributed by atoms with E-state index < -0.39 is 0 Å². The Morgan fingerprint density at radius 3 is 2.50 bits per heavy atom. The van der Waals surface area contributed by atoms with E-state index >= 15 is 0 Å². The van der Waals surface area contributed by atoms with Gasteiger partial charge in [-0.05, 0) is 42.0 Å². The van der Waals surface area contributed by atoms with E-state index in [1.807, 2.05) is 50.2 Å². The number of aromatic nitrogens is 5. The predicted octanol–water partition coefficient (Wildman–Crippen LogP) is 3.69. The molecule has 4 aromatic rings. The van der Waals surface area contributed by atoms with E-state index in [9.17, 15) is 0 Å². The fourth-order valence-electron chi connectivity index (χ4n) is 2.46. The van der Waals surface area contributed by atoms with Crippen molar-refractivity contribution in [2.75, 3.05) is 12.5 Å². The molecule has 0 bridgehead atoms. The number of nitrogens with one attached hydrogen (secondary N) is 1. The van der Waals surface area contributed by atoms with Crippen molar-refractivity contribution in [3.63, 3.8) is 0 Å². The normalized spacial score (nSPS) is 10.5. The Morgan fingerprint density at radius 2 is 1.79 bits per heavy atom. The minimum absolute atomic E-state index is 0.583. The van der Waals surface area contributed by atoms with Gasteiger partial charge in [0.2, 0.25) is 0 Å². The zero-order valence-corrected chi connectivity index (χ0v) is 15.9. The van der Waals surface area contributed by atoms with Crippen molar-refractivity contribution in [1.29, 1.82) is 0 Å². The molecule has 28 heavy (non-hydrogen) atoms. The van der Waals surface area contributed by atoms with Crippen molar-refractivity contribution < 1.29 is 4.74 Å². The fourth-order valence-corrected chi connectivity index (χ4v) is 2.46. The lowest BCUT2D eigenvalue weighted by Crippen LogP contribution is -1.99. The van der Waals surface area contributed by atoms with Crippen molar-refractivity contribution >= 4 is 23.1 Å². The summed E-state index contributed by atoms with van der Waals surface area (Å²) in [5.41, 5.74) is 5.45. The Kier molecular flexibility index (Phi) is 6.25. The van der Waals surface area contributed by atoms with Crippen molar-refractivity contribution in [2.45, 2.75) is 13.8 Å². The molecule has 3 heterocycles. The molecule has 0 radical (unpaired) electrons. The highest BCUT2D eigenvalue weighted by molar-refractivity contribution is 5.88. The molecule has 0 saturated heterocycles. The summed E-state index contributed by atoms with van der Waals surface area (Å²) in [6.07, 6.45) is 8.31. The topological polar surface area (TPSA) is 90.1 Å². The molecule has 0 amide bonds. The number of hydrogen-bond acceptors (Lipinski definition) is 7. The van der Waals surface area contributed by atoms with Gasteiger partial charge in [0, 0.05) is 12.4 Å². The summed E-state index contributed by atoms with van der Waals surface area (Å²) >= 11 is 0. The first-order chi connectivity index (χ1) is 13.8. The second-order valence-corrected chi connectivity index (χ2v) is 5.36. The van der Waals surface area contributed by atoms with Gasteiger partial charge in [-0.2, -0.15) is 10.2 Å². The van der Waals surface area contributed by atoms with Crippen LogP contribution in [0.3, 0.4) is 0 Å². The molecule has 0 aliphatic carbocycles. The van der Waals surface area contributed by atoms with Crippen LogP contribution < -0.4 is 10.2 Å². The van der Waals surface area contributed by atoms with Gasteiger partial charge in [-0.1, -0.05) is 13.8 Å². The van der Waals surface area contributed by atoms with Gasteiger partial charge in [-0.15, -0.1) is 0 Å². The predicted molar refractivity (Wildman–Crippen MR) is 110 cm³/mol. The van der Waals surface area contributed by atoms with E-state index in [2.05, 4.69) is 30.6 Å². The van der Waals surface area contributed by atoms with E-state index in [1.54, 1.807) is 36.6 Å². The smallest absolute Gasteiger partial charge is 0.168 e. The lowest BCUT2D eigenvalue weighted by atomic mass is 10.3. The highest BCUT2D eigenvalue weighted by Gasteiger charge is 2.10. The monoisotopic (exact) mass is 375 g/mol. The number of anilines is 1. The summed E-state index contributed by atoms with van der Waals surface area (Å²) in [7, 11) is 1.63. The SMILES string of the molecule is CC.COc1ccc(-n2ncc3c(N/N=C/c4ccncc4)ncnc32)cc1. The van der Waals surface area contributed by atoms with Gasteiger partial charge in [-0.3, -0.25) is 10.4 Å². The Hall–Kier alpha value is -3.81. The summed E-state index contributed by atoms with van der Waals surface area (Å²) in [6, 6.07) is 11.3. The zero-order chi connectivity index (χ0) is 19.8. The molecule has 1 aromatic carbocycles. The maximum Gasteiger partial charge on any atom is 0.168 e. The molecule has 0 aliphatic heterocycles. The maximum absolute atomic E-state index is 5.19. The van der Waals surface area contributed by atoms with Gasteiger partial charge in [0.15, 0.2) is 11.5 Å². The summed E-state index contributed by atoms with van der Waals surface area (Å²) < 4.78 is 6.93. The zero-order valence-electron chi connectivity index (χ0n) is 15.9. The Morgan fingerprint density at radius 1 is 1.04 bits per heavy atom. The summed E-state index contributed by atoms with van der Waals surface area (Å²) in [6.45, 7) is 4.00. The van der Waals surface area contributed by atoms with Gasteiger partial charge >= 0.3 is 0 Å². The fraction of sp³-hybridized carbons (Fsp3) is 0.150. The Balaban J connectivity index is 0.00000109. The van der Waals surface area contributed by atoms with E-state index in [0.29, 0.717) is 11.5 Å². The van der Waals surface area contributed by atoms with Crippen LogP contribution in [-0.2, 0) is 0 Å². The standard InChI is InChI=1S/C18H15N7O.C2H6/c1-26-15-4-2-14(3-5-15)25-18-16(11-23-25)17(20-12-21-18)24-22-10-13-6-8-19-9-7-13;1-2/h2-12H,1H3,(H,20,21,24);1-2H3/b22-10+;. The highest BCUT2D eigenvalue weighted by atomic mass is 16.5. The largest absolute Gasteiger partial charge is 0.497 e. The minimum atomic E-state index is 0.583. The first kappa shape index (κ1) is 19.0. The number of pyridine rings is 1. The van der Waals surface area contributed by atoms with E-state index in [0.717, 1.165) is 22.4 Å². The molecular weight excluding hydrogens is 354 g/mol. The second kappa shape index (κ2) is 9.22. The third kappa shape index (κ3) is 4.12. The number of methoxy groups -OCH3 is 1. The molecule has 0 atom stereocenters. The lowest BCUT2D eigenvalue weighted by Gasteiger charge is -2.05. The van der Waals surface area contributed by atoms with Crippen molar-refractivity contribution in [3.8, 4) is 11.4 Å². The molecule has 8 nitrogen and oxygen atoms in total. The van der Waals surface area contributed by atoms with Crippen molar-refractivity contribution in [1.82, 2.24) is 24.7 Å². The third-order valence-electron chi connectivity index (χ3n) is 3.77. The van der Waals surface area contributed by atoms with Gasteiger partial charge in [0.1, 0.15) is 12.1 Å². The molecule has 0 unspecified atom stereocenters. The van der Waals surface area contributed by atoms with Crippen molar-refractivity contribution in [2.24, 2.45) is 5.10 Å². The molecule has 142 valence electrons. The molecule has 0 aliphatic rings. The third-order valence-corrected chi connectivity index (χ3v) is 3.77. The van der Waals surface area contributed by atoms with Crippen LogP contribution in [0.15, 0.2) is 66.4 Å². The molecule has 0 saturated carbocycles. The highest BCUT2D eigenvalue weighted by Crippen LogP contribution is 2.22. The number of benzene rings is 1. The van der Waals surface area contributed by atoms with Crippen LogP contribution in [0, 0.1) is 0 Å². The van der Waals surface area contributed by atoms with Crippen LogP contribution in [0.5, 0.6) is 5.75 Å². The Bertz CT molecular complexity index is 1040. The van der Waals surface area contributed by atoms with E-state index in [4.69, 9.17) is 4.74 Å². The van der Waals surface area contributed by atoms with E-state index in [1.165, 1.54) is 6.33 Å². The maximum atomic E-state index is 5.19. The molecule has 0 spiro atoms. The number of ether oxygens (including phenoxy) is 1. The van der Waals surface area contributed by atoms with E-state index in [-0.39, 0.29) is 0 Å². The van der Waals surface area contributed by atoms with Crippen LogP contribution in [-0.4, -0.2) is 38.1 Å². The second-order valence-electron chi connectivity index (χ2n) is 5.36. The number of rotatable bonds is 5. The van der Waals surface area contributed by atoms with Crippen LogP contribution in [0.25, 0.3) is 16.7 Å². The first-order valence-electron chi connectivity index (χ1n) is 8.87. The van der Waals surface area contributed by atoms with Gasteiger partial charge in [0.05, 0.1) is 30.6 Å². The molecule has 1 N–H and O–H groups in total. The first-order valence-corrected chi connectivity index (χ1v) is 8.87. The number of nitrogens with zero attached hydrogens (tertiary/aromatic N) is 6. The van der Waals surface area contributed by atoms with Crippen LogP contribution >= 0.6 is 0 Å². The lowest BCUT2D eigenvalue weighted by molar-refractivity contribution is 0.414. The van der Waals surface area contributed by atoms with Crippen LogP contribution in [0.1, 0.15) is 19.4 Å². The number of hydrazone groups is 1. The van der Waals surface area contributed by atoms with Gasteiger partial charge in [-0.25, -0.2) is 14.6 Å². The average molecular weight is 375 g/mol. The molecule has 8 heteroatoms. The number of fused-ring (bicyclic) bond motifs is 1. The van der Waals surface area contributed by atoms with Gasteiger partial charge < -0.3 is 4.74 Å². The molecule has 0 fully saturated rings. The summed E-state index contributed by atoms with van der Waals surface area (Å²) in [4.78, 5) is 12.6. The quantitative estimate of drug-likeness (QED) is 0.423. The average Bonchev–Trinajstić information content (AvgIpc) is 3.21. The van der Waals surface area contributed by atoms with Crippen LogP contribution in [0.4, 0.5) is 5.82 Å². The molecular formula is C20H21N7O.